The van der Waals surface area contributed by atoms with Crippen molar-refractivity contribution in [2.75, 3.05) is 13.6 Å². The Morgan fingerprint density at radius 2 is 2.06 bits per heavy atom. The third-order valence-electron chi connectivity index (χ3n) is 3.01. The van der Waals surface area contributed by atoms with Crippen molar-refractivity contribution in [3.05, 3.63) is 40.7 Å². The molecule has 2 aromatic rings. The largest absolute Gasteiger partial charge is 0.301 e. The second-order valence-electron chi connectivity index (χ2n) is 4.38. The van der Waals surface area contributed by atoms with E-state index in [0.717, 1.165) is 30.1 Å². The maximum Gasteiger partial charge on any atom is 0.123 e. The van der Waals surface area contributed by atoms with Gasteiger partial charge in [-0.3, -0.25) is 0 Å². The lowest BCUT2D eigenvalue weighted by molar-refractivity contribution is 0.314. The predicted octanol–water partition coefficient (Wildman–Crippen LogP) is 2.94. The fourth-order valence-corrected chi connectivity index (χ4v) is 3.23. The van der Waals surface area contributed by atoms with Crippen LogP contribution in [0.5, 0.6) is 0 Å². The van der Waals surface area contributed by atoms with Crippen LogP contribution in [0.15, 0.2) is 24.3 Å². The lowest BCUT2D eigenvalue weighted by Gasteiger charge is -2.20. The number of hydrogen-bond donors (Lipinski definition) is 0. The van der Waals surface area contributed by atoms with Crippen LogP contribution in [-0.2, 0) is 13.0 Å². The third-order valence-corrected chi connectivity index (χ3v) is 4.14. The second kappa shape index (κ2) is 4.20. The molecule has 4 heteroatoms. The molecule has 2 nitrogen and oxygen atoms in total. The Morgan fingerprint density at radius 1 is 1.29 bits per heavy atom. The average molecular weight is 248 g/mol. The summed E-state index contributed by atoms with van der Waals surface area (Å²) in [6, 6.07) is 6.57. The summed E-state index contributed by atoms with van der Waals surface area (Å²) in [7, 11) is 2.13. The molecule has 0 aliphatic carbocycles. The number of likely N-dealkylation sites (N-methyl/N-ethyl adjacent to an activating group) is 1. The molecule has 0 amide bonds. The molecule has 0 radical (unpaired) electrons. The lowest BCUT2D eigenvalue weighted by atomic mass is 10.2. The summed E-state index contributed by atoms with van der Waals surface area (Å²) < 4.78 is 12.9. The van der Waals surface area contributed by atoms with Gasteiger partial charge in [0.25, 0.3) is 0 Å². The van der Waals surface area contributed by atoms with Crippen LogP contribution in [0.4, 0.5) is 4.39 Å². The maximum atomic E-state index is 12.9. The van der Waals surface area contributed by atoms with Gasteiger partial charge in [-0.05, 0) is 31.3 Å². The van der Waals surface area contributed by atoms with Crippen LogP contribution in [-0.4, -0.2) is 23.5 Å². The number of benzene rings is 1. The van der Waals surface area contributed by atoms with E-state index in [9.17, 15) is 4.39 Å². The van der Waals surface area contributed by atoms with Gasteiger partial charge in [-0.15, -0.1) is 11.3 Å². The first-order valence-electron chi connectivity index (χ1n) is 5.65. The quantitative estimate of drug-likeness (QED) is 0.771. The Kier molecular flexibility index (Phi) is 2.68. The number of rotatable bonds is 1. The Labute approximate surface area is 104 Å². The molecule has 1 aromatic carbocycles. The van der Waals surface area contributed by atoms with E-state index in [-0.39, 0.29) is 5.82 Å². The second-order valence-corrected chi connectivity index (χ2v) is 5.47. The van der Waals surface area contributed by atoms with E-state index in [1.54, 1.807) is 23.5 Å². The minimum atomic E-state index is -0.199. The van der Waals surface area contributed by atoms with Gasteiger partial charge < -0.3 is 4.90 Å². The Bertz CT molecular complexity index is 533. The summed E-state index contributed by atoms with van der Waals surface area (Å²) in [5, 5.41) is 1.00. The zero-order chi connectivity index (χ0) is 11.8. The molecule has 1 aliphatic rings. The van der Waals surface area contributed by atoms with Gasteiger partial charge in [0.2, 0.25) is 0 Å². The molecule has 0 bridgehead atoms. The van der Waals surface area contributed by atoms with E-state index < -0.39 is 0 Å². The fourth-order valence-electron chi connectivity index (χ4n) is 2.04. The first kappa shape index (κ1) is 10.9. The van der Waals surface area contributed by atoms with E-state index in [4.69, 9.17) is 0 Å². The van der Waals surface area contributed by atoms with Gasteiger partial charge in [-0.2, -0.15) is 0 Å². The molecular weight excluding hydrogens is 235 g/mol. The molecule has 0 atom stereocenters. The van der Waals surface area contributed by atoms with Crippen LogP contribution in [0, 0.1) is 5.82 Å². The van der Waals surface area contributed by atoms with Gasteiger partial charge in [0, 0.05) is 30.0 Å². The number of nitrogens with zero attached hydrogens (tertiary/aromatic N) is 2. The molecule has 0 saturated heterocycles. The molecule has 2 heterocycles. The summed E-state index contributed by atoms with van der Waals surface area (Å²) in [5.74, 6) is -0.199. The van der Waals surface area contributed by atoms with E-state index >= 15 is 0 Å². The molecule has 88 valence electrons. The molecule has 17 heavy (non-hydrogen) atoms. The first-order valence-corrected chi connectivity index (χ1v) is 6.47. The SMILES string of the molecule is CN1CCc2nc(-c3ccc(F)cc3)sc2C1. The molecule has 0 unspecified atom stereocenters. The minimum absolute atomic E-state index is 0.199. The lowest BCUT2D eigenvalue weighted by Crippen LogP contribution is -2.25. The molecule has 0 N–H and O–H groups in total. The van der Waals surface area contributed by atoms with Crippen molar-refractivity contribution < 1.29 is 4.39 Å². The van der Waals surface area contributed by atoms with Crippen molar-refractivity contribution in [2.45, 2.75) is 13.0 Å². The normalized spacial score (nSPS) is 15.9. The van der Waals surface area contributed by atoms with E-state index in [2.05, 4.69) is 16.9 Å². The number of fused-ring (bicyclic) bond motifs is 1. The highest BCUT2D eigenvalue weighted by Crippen LogP contribution is 2.31. The van der Waals surface area contributed by atoms with Crippen LogP contribution in [0.1, 0.15) is 10.6 Å². The smallest absolute Gasteiger partial charge is 0.123 e. The Morgan fingerprint density at radius 3 is 2.82 bits per heavy atom. The molecule has 0 saturated carbocycles. The zero-order valence-electron chi connectivity index (χ0n) is 9.61. The van der Waals surface area contributed by atoms with Gasteiger partial charge in [0.1, 0.15) is 10.8 Å². The Hall–Kier alpha value is -1.26. The standard InChI is InChI=1S/C13H13FN2S/c1-16-7-6-11-12(8-16)17-13(15-11)9-2-4-10(14)5-3-9/h2-5H,6-8H2,1H3. The van der Waals surface area contributed by atoms with Crippen molar-refractivity contribution in [3.63, 3.8) is 0 Å². The van der Waals surface area contributed by atoms with Crippen LogP contribution in [0.25, 0.3) is 10.6 Å². The molecule has 1 aliphatic heterocycles. The summed E-state index contributed by atoms with van der Waals surface area (Å²) in [6.45, 7) is 2.05. The highest BCUT2D eigenvalue weighted by molar-refractivity contribution is 7.15. The fraction of sp³-hybridized carbons (Fsp3) is 0.308. The zero-order valence-corrected chi connectivity index (χ0v) is 10.4. The number of halogens is 1. The van der Waals surface area contributed by atoms with Gasteiger partial charge in [0.05, 0.1) is 5.69 Å². The van der Waals surface area contributed by atoms with Gasteiger partial charge >= 0.3 is 0 Å². The molecule has 1 aromatic heterocycles. The van der Waals surface area contributed by atoms with Crippen molar-refractivity contribution in [3.8, 4) is 10.6 Å². The van der Waals surface area contributed by atoms with Crippen LogP contribution in [0.2, 0.25) is 0 Å². The highest BCUT2D eigenvalue weighted by Gasteiger charge is 2.18. The predicted molar refractivity (Wildman–Crippen MR) is 67.5 cm³/mol. The van der Waals surface area contributed by atoms with Crippen molar-refractivity contribution in [2.24, 2.45) is 0 Å². The van der Waals surface area contributed by atoms with Crippen LogP contribution >= 0.6 is 11.3 Å². The first-order chi connectivity index (χ1) is 8.22. The number of hydrogen-bond acceptors (Lipinski definition) is 3. The number of aromatic nitrogens is 1. The summed E-state index contributed by atoms with van der Waals surface area (Å²) >= 11 is 1.72. The van der Waals surface area contributed by atoms with Crippen molar-refractivity contribution >= 4 is 11.3 Å². The average Bonchev–Trinajstić information content (AvgIpc) is 2.72. The summed E-state index contributed by atoms with van der Waals surface area (Å²) in [5.41, 5.74) is 2.22. The maximum absolute atomic E-state index is 12.9. The summed E-state index contributed by atoms with van der Waals surface area (Å²) in [6.07, 6.45) is 1.02. The summed E-state index contributed by atoms with van der Waals surface area (Å²) in [4.78, 5) is 8.30. The third kappa shape index (κ3) is 2.10. The minimum Gasteiger partial charge on any atom is -0.301 e. The van der Waals surface area contributed by atoms with Gasteiger partial charge in [-0.1, -0.05) is 0 Å². The number of thiazole rings is 1. The highest BCUT2D eigenvalue weighted by atomic mass is 32.1. The molecule has 0 spiro atoms. The van der Waals surface area contributed by atoms with Gasteiger partial charge in [-0.25, -0.2) is 9.37 Å². The van der Waals surface area contributed by atoms with E-state index in [1.165, 1.54) is 22.7 Å². The Balaban J connectivity index is 1.97. The topological polar surface area (TPSA) is 16.1 Å². The van der Waals surface area contributed by atoms with Gasteiger partial charge in [0.15, 0.2) is 0 Å². The molecule has 3 rings (SSSR count). The molecular formula is C13H13FN2S. The van der Waals surface area contributed by atoms with E-state index in [0.29, 0.717) is 0 Å². The van der Waals surface area contributed by atoms with Crippen molar-refractivity contribution in [1.82, 2.24) is 9.88 Å². The monoisotopic (exact) mass is 248 g/mol. The van der Waals surface area contributed by atoms with E-state index in [1.807, 2.05) is 0 Å². The molecule has 0 fully saturated rings. The van der Waals surface area contributed by atoms with Crippen molar-refractivity contribution in [1.29, 1.82) is 0 Å². The van der Waals surface area contributed by atoms with Crippen LogP contribution < -0.4 is 0 Å². The van der Waals surface area contributed by atoms with Crippen LogP contribution in [0.3, 0.4) is 0 Å².